The van der Waals surface area contributed by atoms with Crippen LogP contribution in [0, 0.1) is 0 Å². The highest BCUT2D eigenvalue weighted by molar-refractivity contribution is 6.21. The van der Waals surface area contributed by atoms with Crippen LogP contribution >= 0.6 is 0 Å². The molecule has 1 nitrogen and oxygen atoms in total. The van der Waals surface area contributed by atoms with Crippen LogP contribution < -0.4 is 4.90 Å². The van der Waals surface area contributed by atoms with E-state index in [2.05, 4.69) is 208 Å². The quantitative estimate of drug-likeness (QED) is 0.131. The van der Waals surface area contributed by atoms with Crippen LogP contribution in [0.2, 0.25) is 0 Å². The van der Waals surface area contributed by atoms with Crippen LogP contribution in [0.5, 0.6) is 0 Å². The Hall–Kier alpha value is -5.92. The molecule has 1 heteroatoms. The van der Waals surface area contributed by atoms with E-state index in [1.807, 2.05) is 0 Å². The second-order valence-electron chi connectivity index (χ2n) is 13.8. The minimum atomic E-state index is 0.0521. The van der Waals surface area contributed by atoms with E-state index >= 15 is 0 Å². The van der Waals surface area contributed by atoms with Crippen molar-refractivity contribution in [2.45, 2.75) is 26.2 Å². The van der Waals surface area contributed by atoms with E-state index in [-0.39, 0.29) is 5.41 Å². The molecule has 8 aromatic rings. The first kappa shape index (κ1) is 30.4. The summed E-state index contributed by atoms with van der Waals surface area (Å²) >= 11 is 0. The minimum Gasteiger partial charge on any atom is -0.311 e. The minimum absolute atomic E-state index is 0.0521. The van der Waals surface area contributed by atoms with Gasteiger partial charge in [0.25, 0.3) is 0 Å². The Bertz CT molecular complexity index is 2350. The van der Waals surface area contributed by atoms with Crippen molar-refractivity contribution in [3.05, 3.63) is 187 Å². The third-order valence-corrected chi connectivity index (χ3v) is 9.60. The van der Waals surface area contributed by atoms with Crippen LogP contribution in [-0.4, -0.2) is 0 Å². The van der Waals surface area contributed by atoms with Crippen molar-refractivity contribution in [2.75, 3.05) is 4.90 Å². The van der Waals surface area contributed by atoms with Crippen molar-refractivity contribution in [2.24, 2.45) is 0 Å². The smallest absolute Gasteiger partial charge is 0.0462 e. The number of benzene rings is 8. The predicted octanol–water partition coefficient (Wildman–Crippen LogP) is 13.8. The Balaban J connectivity index is 1.25. The molecule has 49 heavy (non-hydrogen) atoms. The number of fused-ring (bicyclic) bond motifs is 3. The van der Waals surface area contributed by atoms with Gasteiger partial charge in [0.1, 0.15) is 0 Å². The summed E-state index contributed by atoms with van der Waals surface area (Å²) in [5, 5.41) is 7.68. The average molecular weight is 630 g/mol. The molecule has 0 aliphatic heterocycles. The lowest BCUT2D eigenvalue weighted by Gasteiger charge is -2.25. The normalized spacial score (nSPS) is 11.9. The molecule has 0 amide bonds. The number of anilines is 3. The third kappa shape index (κ3) is 5.68. The van der Waals surface area contributed by atoms with E-state index in [1.54, 1.807) is 0 Å². The van der Waals surface area contributed by atoms with Gasteiger partial charge in [0, 0.05) is 17.1 Å². The van der Waals surface area contributed by atoms with Gasteiger partial charge in [0.2, 0.25) is 0 Å². The second-order valence-corrected chi connectivity index (χ2v) is 13.8. The van der Waals surface area contributed by atoms with Crippen LogP contribution in [-0.2, 0) is 5.41 Å². The largest absolute Gasteiger partial charge is 0.311 e. The van der Waals surface area contributed by atoms with Crippen molar-refractivity contribution in [3.63, 3.8) is 0 Å². The van der Waals surface area contributed by atoms with Crippen LogP contribution in [0.1, 0.15) is 37.5 Å². The Morgan fingerprint density at radius 1 is 0.388 bits per heavy atom. The van der Waals surface area contributed by atoms with Crippen molar-refractivity contribution in [3.8, 4) is 11.1 Å². The Morgan fingerprint density at radius 2 is 0.837 bits per heavy atom. The molecular formula is C48H39N. The van der Waals surface area contributed by atoms with Crippen LogP contribution in [0.3, 0.4) is 0 Å². The number of nitrogens with zero attached hydrogens (tertiary/aromatic N) is 1. The number of hydrogen-bond donors (Lipinski definition) is 0. The Labute approximate surface area is 289 Å². The summed E-state index contributed by atoms with van der Waals surface area (Å²) in [5.41, 5.74) is 9.80. The van der Waals surface area contributed by atoms with Gasteiger partial charge in [-0.3, -0.25) is 0 Å². The molecule has 0 aliphatic carbocycles. The first-order valence-corrected chi connectivity index (χ1v) is 17.1. The highest BCUT2D eigenvalue weighted by Gasteiger charge is 2.21. The zero-order valence-corrected chi connectivity index (χ0v) is 28.3. The maximum atomic E-state index is 2.35. The molecule has 0 N–H and O–H groups in total. The third-order valence-electron chi connectivity index (χ3n) is 9.60. The van der Waals surface area contributed by atoms with Gasteiger partial charge in [-0.15, -0.1) is 0 Å². The highest BCUT2D eigenvalue weighted by atomic mass is 15.1. The Kier molecular flexibility index (Phi) is 7.82. The van der Waals surface area contributed by atoms with Gasteiger partial charge in [0.05, 0.1) is 0 Å². The molecule has 8 rings (SSSR count). The van der Waals surface area contributed by atoms with Gasteiger partial charge in [-0.2, -0.15) is 0 Å². The summed E-state index contributed by atoms with van der Waals surface area (Å²) < 4.78 is 0. The maximum Gasteiger partial charge on any atom is 0.0462 e. The lowest BCUT2D eigenvalue weighted by molar-refractivity contribution is 0.596. The zero-order chi connectivity index (χ0) is 33.4. The summed E-state index contributed by atoms with van der Waals surface area (Å²) in [6, 6.07) is 61.3. The van der Waals surface area contributed by atoms with Crippen LogP contribution in [0.15, 0.2) is 170 Å². The molecule has 0 fully saturated rings. The van der Waals surface area contributed by atoms with Gasteiger partial charge >= 0.3 is 0 Å². The van der Waals surface area contributed by atoms with Gasteiger partial charge in [-0.25, -0.2) is 0 Å². The molecule has 0 saturated carbocycles. The molecule has 0 bridgehead atoms. The van der Waals surface area contributed by atoms with Gasteiger partial charge < -0.3 is 4.90 Å². The summed E-state index contributed by atoms with van der Waals surface area (Å²) in [6.45, 7) is 6.91. The average Bonchev–Trinajstić information content (AvgIpc) is 3.14. The summed E-state index contributed by atoms with van der Waals surface area (Å²) in [7, 11) is 0. The zero-order valence-electron chi connectivity index (χ0n) is 28.3. The first-order chi connectivity index (χ1) is 24.0. The fourth-order valence-corrected chi connectivity index (χ4v) is 7.32. The SMILES string of the molecule is CC(C)(C)c1ccc(-c2c3ccccc3c(/C=C/c3ccc(N(c4ccccc4)c4ccccc4)cc3)c3ccccc23)c2ccccc12. The van der Waals surface area contributed by atoms with Crippen molar-refractivity contribution in [1.82, 2.24) is 0 Å². The highest BCUT2D eigenvalue weighted by Crippen LogP contribution is 2.44. The second kappa shape index (κ2) is 12.6. The maximum absolute atomic E-state index is 2.35. The topological polar surface area (TPSA) is 3.24 Å². The molecule has 0 unspecified atom stereocenters. The molecule has 0 saturated heterocycles. The fraction of sp³-hybridized carbons (Fsp3) is 0.0833. The number of rotatable bonds is 6. The molecule has 0 aromatic heterocycles. The molecule has 0 radical (unpaired) electrons. The summed E-state index contributed by atoms with van der Waals surface area (Å²) in [4.78, 5) is 2.30. The number of hydrogen-bond acceptors (Lipinski definition) is 1. The van der Waals surface area contributed by atoms with Gasteiger partial charge in [-0.1, -0.05) is 166 Å². The van der Waals surface area contributed by atoms with E-state index in [9.17, 15) is 0 Å². The molecule has 0 heterocycles. The predicted molar refractivity (Wildman–Crippen MR) is 213 cm³/mol. The van der Waals surface area contributed by atoms with Gasteiger partial charge in [-0.05, 0) is 102 Å². The summed E-state index contributed by atoms with van der Waals surface area (Å²) in [5.74, 6) is 0. The lowest BCUT2D eigenvalue weighted by Crippen LogP contribution is -2.11. The molecule has 0 atom stereocenters. The standard InChI is InChI=1S/C48H39N/c1-48(2,3)46-33-32-45(40-22-10-13-23-42(40)46)47-43-24-14-11-20-38(43)41(39-21-12-15-25-44(39)47)31-28-34-26-29-37(30-27-34)49(35-16-6-4-7-17-35)36-18-8-5-9-19-36/h4-33H,1-3H3/b31-28+. The molecule has 0 aliphatic rings. The van der Waals surface area contributed by atoms with E-state index in [0.29, 0.717) is 0 Å². The monoisotopic (exact) mass is 629 g/mol. The number of para-hydroxylation sites is 2. The van der Waals surface area contributed by atoms with Crippen molar-refractivity contribution < 1.29 is 0 Å². The fourth-order valence-electron chi connectivity index (χ4n) is 7.32. The molecular weight excluding hydrogens is 591 g/mol. The molecule has 8 aromatic carbocycles. The first-order valence-electron chi connectivity index (χ1n) is 17.1. The van der Waals surface area contributed by atoms with Crippen molar-refractivity contribution >= 4 is 61.5 Å². The molecule has 236 valence electrons. The Morgan fingerprint density at radius 3 is 1.37 bits per heavy atom. The van der Waals surface area contributed by atoms with Crippen molar-refractivity contribution in [1.29, 1.82) is 0 Å². The van der Waals surface area contributed by atoms with E-state index in [1.165, 1.54) is 54.6 Å². The van der Waals surface area contributed by atoms with Crippen LogP contribution in [0.25, 0.3) is 55.6 Å². The summed E-state index contributed by atoms with van der Waals surface area (Å²) in [6.07, 6.45) is 4.55. The molecule has 0 spiro atoms. The van der Waals surface area contributed by atoms with Gasteiger partial charge in [0.15, 0.2) is 0 Å². The van der Waals surface area contributed by atoms with E-state index in [4.69, 9.17) is 0 Å². The lowest BCUT2D eigenvalue weighted by atomic mass is 9.80. The van der Waals surface area contributed by atoms with E-state index in [0.717, 1.165) is 22.6 Å². The van der Waals surface area contributed by atoms with E-state index < -0.39 is 0 Å². The van der Waals surface area contributed by atoms with Crippen LogP contribution in [0.4, 0.5) is 17.1 Å².